The van der Waals surface area contributed by atoms with Gasteiger partial charge in [0, 0.05) is 25.8 Å². The molecule has 1 unspecified atom stereocenters. The van der Waals surface area contributed by atoms with E-state index in [1.165, 1.54) is 38.8 Å². The molecular weight excluding hydrogens is 224 g/mol. The molecule has 0 bridgehead atoms. The van der Waals surface area contributed by atoms with Crippen LogP contribution < -0.4 is 5.32 Å². The van der Waals surface area contributed by atoms with Gasteiger partial charge in [-0.25, -0.2) is 0 Å². The molecule has 102 valence electrons. The lowest BCUT2D eigenvalue weighted by molar-refractivity contribution is 0.159. The molecule has 0 radical (unpaired) electrons. The summed E-state index contributed by atoms with van der Waals surface area (Å²) in [5.74, 6) is 0. The summed E-state index contributed by atoms with van der Waals surface area (Å²) >= 11 is 0. The maximum Gasteiger partial charge on any atom is 0.0762 e. The number of likely N-dealkylation sites (tertiary alicyclic amines) is 1. The smallest absolute Gasteiger partial charge is 0.0762 e. The predicted molar refractivity (Wildman–Crippen MR) is 74.4 cm³/mol. The first-order chi connectivity index (χ1) is 8.75. The van der Waals surface area contributed by atoms with Gasteiger partial charge in [0.2, 0.25) is 0 Å². The van der Waals surface area contributed by atoms with Gasteiger partial charge in [-0.05, 0) is 51.9 Å². The van der Waals surface area contributed by atoms with Gasteiger partial charge in [-0.2, -0.15) is 5.10 Å². The number of aryl methyl sites for hydroxylation is 1. The topological polar surface area (TPSA) is 33.1 Å². The van der Waals surface area contributed by atoms with Gasteiger partial charge in [0.1, 0.15) is 0 Å². The Morgan fingerprint density at radius 3 is 3.06 bits per heavy atom. The predicted octanol–water partition coefficient (Wildman–Crippen LogP) is 1.77. The van der Waals surface area contributed by atoms with E-state index in [9.17, 15) is 0 Å². The minimum Gasteiger partial charge on any atom is -0.311 e. The van der Waals surface area contributed by atoms with Crippen molar-refractivity contribution >= 4 is 0 Å². The van der Waals surface area contributed by atoms with Crippen LogP contribution in [-0.4, -0.2) is 40.4 Å². The van der Waals surface area contributed by atoms with Crippen LogP contribution in [0.1, 0.15) is 38.3 Å². The number of piperidine rings is 1. The molecule has 1 aliphatic rings. The van der Waals surface area contributed by atoms with Crippen LogP contribution in [0.3, 0.4) is 0 Å². The first-order valence-corrected chi connectivity index (χ1v) is 7.19. The zero-order valence-corrected chi connectivity index (χ0v) is 11.7. The van der Waals surface area contributed by atoms with E-state index in [1.807, 2.05) is 17.9 Å². The van der Waals surface area contributed by atoms with Crippen molar-refractivity contribution in [1.29, 1.82) is 0 Å². The fourth-order valence-corrected chi connectivity index (χ4v) is 2.67. The molecule has 4 nitrogen and oxygen atoms in total. The lowest BCUT2D eigenvalue weighted by Gasteiger charge is -2.33. The quantitative estimate of drug-likeness (QED) is 0.781. The molecule has 2 heterocycles. The molecule has 0 aromatic carbocycles. The maximum atomic E-state index is 4.35. The number of rotatable bonds is 6. The van der Waals surface area contributed by atoms with E-state index in [0.717, 1.165) is 24.8 Å². The average molecular weight is 250 g/mol. The van der Waals surface area contributed by atoms with Crippen LogP contribution in [-0.2, 0) is 13.6 Å². The van der Waals surface area contributed by atoms with Crippen molar-refractivity contribution in [3.05, 3.63) is 18.0 Å². The molecule has 0 amide bonds. The zero-order chi connectivity index (χ0) is 12.8. The van der Waals surface area contributed by atoms with Gasteiger partial charge in [-0.1, -0.05) is 6.42 Å². The van der Waals surface area contributed by atoms with Crippen LogP contribution in [0.25, 0.3) is 0 Å². The minimum absolute atomic E-state index is 0.787. The van der Waals surface area contributed by atoms with Crippen LogP contribution in [0.15, 0.2) is 12.3 Å². The van der Waals surface area contributed by atoms with Crippen LogP contribution >= 0.6 is 0 Å². The molecule has 18 heavy (non-hydrogen) atoms. The summed E-state index contributed by atoms with van der Waals surface area (Å²) in [4.78, 5) is 2.63. The van der Waals surface area contributed by atoms with Crippen molar-refractivity contribution < 1.29 is 0 Å². The molecular formula is C14H26N4. The number of hydrogen-bond acceptors (Lipinski definition) is 3. The second-order valence-electron chi connectivity index (χ2n) is 5.39. The molecule has 4 heteroatoms. The highest BCUT2D eigenvalue weighted by Gasteiger charge is 2.16. The molecule has 1 aromatic rings. The van der Waals surface area contributed by atoms with Crippen LogP contribution in [0.4, 0.5) is 0 Å². The van der Waals surface area contributed by atoms with Crippen molar-refractivity contribution in [1.82, 2.24) is 20.0 Å². The van der Waals surface area contributed by atoms with Crippen molar-refractivity contribution in [3.8, 4) is 0 Å². The SMILES string of the molecule is CC1CCCCN1CCCNCc1ccn(C)n1. The Labute approximate surface area is 110 Å². The molecule has 1 N–H and O–H groups in total. The summed E-state index contributed by atoms with van der Waals surface area (Å²) in [6.45, 7) is 6.86. The fraction of sp³-hybridized carbons (Fsp3) is 0.786. The van der Waals surface area contributed by atoms with E-state index in [2.05, 4.69) is 28.3 Å². The molecule has 2 rings (SSSR count). The number of nitrogens with zero attached hydrogens (tertiary/aromatic N) is 3. The summed E-state index contributed by atoms with van der Waals surface area (Å²) in [5.41, 5.74) is 1.13. The molecule has 1 fully saturated rings. The minimum atomic E-state index is 0.787. The Bertz CT molecular complexity index is 347. The highest BCUT2D eigenvalue weighted by molar-refractivity contribution is 4.97. The molecule has 0 aliphatic carbocycles. The van der Waals surface area contributed by atoms with Gasteiger partial charge in [0.25, 0.3) is 0 Å². The molecule has 1 aromatic heterocycles. The molecule has 0 spiro atoms. The van der Waals surface area contributed by atoms with Crippen molar-refractivity contribution in [3.63, 3.8) is 0 Å². The van der Waals surface area contributed by atoms with E-state index >= 15 is 0 Å². The standard InChI is InChI=1S/C14H26N4/c1-13-6-3-4-9-18(13)10-5-8-15-12-14-7-11-17(2)16-14/h7,11,13,15H,3-6,8-10,12H2,1-2H3. The molecule has 1 saturated heterocycles. The Kier molecular flexibility index (Phi) is 5.20. The van der Waals surface area contributed by atoms with E-state index in [1.54, 1.807) is 0 Å². The third-order valence-electron chi connectivity index (χ3n) is 3.81. The lowest BCUT2D eigenvalue weighted by atomic mass is 10.0. The second-order valence-corrected chi connectivity index (χ2v) is 5.39. The lowest BCUT2D eigenvalue weighted by Crippen LogP contribution is -2.38. The van der Waals surface area contributed by atoms with Crippen LogP contribution in [0, 0.1) is 0 Å². The largest absolute Gasteiger partial charge is 0.311 e. The highest BCUT2D eigenvalue weighted by Crippen LogP contribution is 2.15. The highest BCUT2D eigenvalue weighted by atomic mass is 15.3. The maximum absolute atomic E-state index is 4.35. The summed E-state index contributed by atoms with van der Waals surface area (Å²) in [6.07, 6.45) is 7.40. The summed E-state index contributed by atoms with van der Waals surface area (Å²) in [6, 6.07) is 2.86. The third-order valence-corrected chi connectivity index (χ3v) is 3.81. The Morgan fingerprint density at radius 1 is 1.44 bits per heavy atom. The summed E-state index contributed by atoms with van der Waals surface area (Å²) < 4.78 is 1.85. The second kappa shape index (κ2) is 6.90. The Balaban J connectivity index is 1.55. The first kappa shape index (κ1) is 13.6. The van der Waals surface area contributed by atoms with Gasteiger partial charge < -0.3 is 10.2 Å². The van der Waals surface area contributed by atoms with Gasteiger partial charge in [-0.15, -0.1) is 0 Å². The van der Waals surface area contributed by atoms with E-state index in [-0.39, 0.29) is 0 Å². The van der Waals surface area contributed by atoms with Crippen molar-refractivity contribution in [2.75, 3.05) is 19.6 Å². The monoisotopic (exact) mass is 250 g/mol. The van der Waals surface area contributed by atoms with Crippen LogP contribution in [0.2, 0.25) is 0 Å². The molecule has 0 saturated carbocycles. The zero-order valence-electron chi connectivity index (χ0n) is 11.7. The van der Waals surface area contributed by atoms with Gasteiger partial charge in [-0.3, -0.25) is 4.68 Å². The van der Waals surface area contributed by atoms with Gasteiger partial charge >= 0.3 is 0 Å². The molecule has 1 atom stereocenters. The van der Waals surface area contributed by atoms with Gasteiger partial charge in [0.05, 0.1) is 5.69 Å². The summed E-state index contributed by atoms with van der Waals surface area (Å²) in [5, 5.41) is 7.82. The third kappa shape index (κ3) is 4.10. The van der Waals surface area contributed by atoms with E-state index in [4.69, 9.17) is 0 Å². The summed E-state index contributed by atoms with van der Waals surface area (Å²) in [7, 11) is 1.96. The van der Waals surface area contributed by atoms with Crippen molar-refractivity contribution in [2.24, 2.45) is 7.05 Å². The number of aromatic nitrogens is 2. The molecule has 1 aliphatic heterocycles. The normalized spacial score (nSPS) is 21.3. The fourth-order valence-electron chi connectivity index (χ4n) is 2.67. The van der Waals surface area contributed by atoms with Crippen LogP contribution in [0.5, 0.6) is 0 Å². The first-order valence-electron chi connectivity index (χ1n) is 7.19. The average Bonchev–Trinajstić information content (AvgIpc) is 2.77. The number of hydrogen-bond donors (Lipinski definition) is 1. The Morgan fingerprint density at radius 2 is 2.33 bits per heavy atom. The Hall–Kier alpha value is -0.870. The number of nitrogens with one attached hydrogen (secondary N) is 1. The van der Waals surface area contributed by atoms with Crippen molar-refractivity contribution in [2.45, 2.75) is 45.2 Å². The van der Waals surface area contributed by atoms with Gasteiger partial charge in [0.15, 0.2) is 0 Å². The van der Waals surface area contributed by atoms with E-state index < -0.39 is 0 Å². The van der Waals surface area contributed by atoms with E-state index in [0.29, 0.717) is 0 Å².